The second kappa shape index (κ2) is 5.87. The first kappa shape index (κ1) is 15.5. The van der Waals surface area contributed by atoms with E-state index in [2.05, 4.69) is 25.9 Å². The molecule has 2 rings (SSSR count). The monoisotopic (exact) mass is 354 g/mol. The Kier molecular flexibility index (Phi) is 4.34. The van der Waals surface area contributed by atoms with Crippen molar-refractivity contribution < 1.29 is 19.7 Å². The molecule has 0 fully saturated rings. The molecule has 2 aromatic rings. The van der Waals surface area contributed by atoms with Crippen LogP contribution >= 0.6 is 15.9 Å². The zero-order valence-corrected chi connectivity index (χ0v) is 13.4. The van der Waals surface area contributed by atoms with Gasteiger partial charge in [-0.2, -0.15) is 0 Å². The number of H-pyrrole nitrogens is 1. The van der Waals surface area contributed by atoms with Crippen LogP contribution in [0.4, 0.5) is 0 Å². The summed E-state index contributed by atoms with van der Waals surface area (Å²) in [5.41, 5.74) is 2.04. The zero-order chi connectivity index (χ0) is 15.7. The van der Waals surface area contributed by atoms with E-state index in [0.717, 1.165) is 15.6 Å². The van der Waals surface area contributed by atoms with Crippen LogP contribution in [0.5, 0.6) is 5.75 Å². The van der Waals surface area contributed by atoms with Gasteiger partial charge in [0.1, 0.15) is 11.9 Å². The molecule has 1 unspecified atom stereocenters. The molecular weight excluding hydrogens is 340 g/mol. The maximum absolute atomic E-state index is 11.2. The average molecular weight is 355 g/mol. The summed E-state index contributed by atoms with van der Waals surface area (Å²) in [5.74, 6) is -0.678. The van der Waals surface area contributed by atoms with Crippen molar-refractivity contribution in [2.24, 2.45) is 0 Å². The van der Waals surface area contributed by atoms with Gasteiger partial charge >= 0.3 is 5.97 Å². The van der Waals surface area contributed by atoms with Gasteiger partial charge in [-0.1, -0.05) is 15.9 Å². The number of rotatable bonds is 4. The van der Waals surface area contributed by atoms with E-state index in [-0.39, 0.29) is 11.4 Å². The van der Waals surface area contributed by atoms with Crippen LogP contribution in [0.1, 0.15) is 39.0 Å². The summed E-state index contributed by atoms with van der Waals surface area (Å²) in [5, 5.41) is 19.7. The van der Waals surface area contributed by atoms with Crippen LogP contribution in [0.25, 0.3) is 0 Å². The number of benzene rings is 1. The molecule has 0 aliphatic carbocycles. The molecule has 0 bridgehead atoms. The number of imidazole rings is 1. The molecule has 6 nitrogen and oxygen atoms in total. The number of hydrogen-bond acceptors (Lipinski definition) is 4. The van der Waals surface area contributed by atoms with E-state index in [1.807, 2.05) is 19.9 Å². The Morgan fingerprint density at radius 1 is 1.48 bits per heavy atom. The lowest BCUT2D eigenvalue weighted by atomic mass is 9.96. The van der Waals surface area contributed by atoms with Gasteiger partial charge in [-0.3, -0.25) is 0 Å². The van der Waals surface area contributed by atoms with Crippen LogP contribution in [0.15, 0.2) is 16.9 Å². The van der Waals surface area contributed by atoms with Crippen LogP contribution in [-0.4, -0.2) is 33.3 Å². The first-order valence-corrected chi connectivity index (χ1v) is 6.96. The number of carboxylic acid groups (broad SMARTS) is 1. The predicted octanol–water partition coefficient (Wildman–Crippen LogP) is 2.58. The minimum atomic E-state index is -1.20. The molecule has 7 heteroatoms. The molecule has 0 aliphatic heterocycles. The van der Waals surface area contributed by atoms with Gasteiger partial charge in [-0.25, -0.2) is 9.78 Å². The number of aromatic nitrogens is 2. The zero-order valence-electron chi connectivity index (χ0n) is 11.8. The summed E-state index contributed by atoms with van der Waals surface area (Å²) >= 11 is 3.43. The Hall–Kier alpha value is -1.86. The molecule has 0 radical (unpaired) electrons. The van der Waals surface area contributed by atoms with Crippen molar-refractivity contribution in [1.29, 1.82) is 0 Å². The summed E-state index contributed by atoms with van der Waals surface area (Å²) in [6, 6.07) is 1.88. The fourth-order valence-electron chi connectivity index (χ4n) is 2.30. The third-order valence-corrected chi connectivity index (χ3v) is 4.15. The number of ether oxygens (including phenoxy) is 1. The van der Waals surface area contributed by atoms with Gasteiger partial charge in [0.25, 0.3) is 0 Å². The van der Waals surface area contributed by atoms with Crippen molar-refractivity contribution in [1.82, 2.24) is 9.97 Å². The molecule has 1 aromatic carbocycles. The van der Waals surface area contributed by atoms with E-state index in [1.54, 1.807) is 0 Å². The molecule has 21 heavy (non-hydrogen) atoms. The van der Waals surface area contributed by atoms with Crippen molar-refractivity contribution in [2.45, 2.75) is 20.0 Å². The topological polar surface area (TPSA) is 95.4 Å². The number of aliphatic hydroxyl groups is 1. The molecule has 0 aliphatic rings. The summed E-state index contributed by atoms with van der Waals surface area (Å²) in [6.07, 6.45) is 0.0685. The van der Waals surface area contributed by atoms with Crippen LogP contribution < -0.4 is 4.74 Å². The number of hydrogen-bond donors (Lipinski definition) is 3. The third-order valence-electron chi connectivity index (χ3n) is 3.33. The molecular formula is C14H15BrN2O4. The number of halogens is 1. The summed E-state index contributed by atoms with van der Waals surface area (Å²) in [4.78, 5) is 17.6. The van der Waals surface area contributed by atoms with Gasteiger partial charge in [-0.15, -0.1) is 0 Å². The van der Waals surface area contributed by atoms with Crippen molar-refractivity contribution >= 4 is 21.9 Å². The molecule has 1 aromatic heterocycles. The molecule has 3 N–H and O–H groups in total. The molecule has 0 spiro atoms. The number of methoxy groups -OCH3 is 1. The van der Waals surface area contributed by atoms with Gasteiger partial charge in [0.15, 0.2) is 5.69 Å². The van der Waals surface area contributed by atoms with Gasteiger partial charge in [-0.05, 0) is 31.0 Å². The number of aliphatic hydroxyl groups excluding tert-OH is 1. The smallest absolute Gasteiger partial charge is 0.356 e. The highest BCUT2D eigenvalue weighted by Gasteiger charge is 2.27. The standard InChI is InChI=1S/C14H15BrN2O4/c1-6-4-8(15)7(2)9(13(6)21-3)12(18)10-11(14(19)20)17-5-16-10/h4-5,12,18H,1-3H3,(H,16,17)(H,19,20). The van der Waals surface area contributed by atoms with E-state index < -0.39 is 12.1 Å². The number of aryl methyl sites for hydroxylation is 1. The lowest BCUT2D eigenvalue weighted by Gasteiger charge is -2.20. The molecule has 1 heterocycles. The SMILES string of the molecule is COc1c(C)cc(Br)c(C)c1C(O)c1[nH]cnc1C(=O)O. The quantitative estimate of drug-likeness (QED) is 0.784. The lowest BCUT2D eigenvalue weighted by Crippen LogP contribution is -2.11. The minimum absolute atomic E-state index is 0.126. The number of carbonyl (C=O) groups is 1. The first-order valence-electron chi connectivity index (χ1n) is 6.16. The second-order valence-electron chi connectivity index (χ2n) is 4.62. The van der Waals surface area contributed by atoms with Gasteiger partial charge in [0, 0.05) is 10.0 Å². The Morgan fingerprint density at radius 2 is 2.14 bits per heavy atom. The number of nitrogens with zero attached hydrogens (tertiary/aromatic N) is 1. The van der Waals surface area contributed by atoms with E-state index in [4.69, 9.17) is 9.84 Å². The molecule has 0 amide bonds. The maximum atomic E-state index is 11.2. The van der Waals surface area contributed by atoms with Crippen molar-refractivity contribution in [3.63, 3.8) is 0 Å². The number of aromatic carboxylic acids is 1. The number of aromatic amines is 1. The van der Waals surface area contributed by atoms with Crippen LogP contribution in [0.3, 0.4) is 0 Å². The normalized spacial score (nSPS) is 12.2. The van der Waals surface area contributed by atoms with E-state index >= 15 is 0 Å². The van der Waals surface area contributed by atoms with Gasteiger partial charge in [0.05, 0.1) is 19.1 Å². The van der Waals surface area contributed by atoms with Crippen LogP contribution in [0, 0.1) is 13.8 Å². The Bertz CT molecular complexity index is 697. The molecule has 0 saturated carbocycles. The lowest BCUT2D eigenvalue weighted by molar-refractivity contribution is 0.0685. The first-order chi connectivity index (χ1) is 9.88. The molecule has 112 valence electrons. The Labute approximate surface area is 129 Å². The summed E-state index contributed by atoms with van der Waals surface area (Å²) < 4.78 is 6.18. The van der Waals surface area contributed by atoms with E-state index in [1.165, 1.54) is 13.4 Å². The van der Waals surface area contributed by atoms with Gasteiger partial charge in [0.2, 0.25) is 0 Å². The fourth-order valence-corrected chi connectivity index (χ4v) is 2.86. The highest BCUT2D eigenvalue weighted by atomic mass is 79.9. The highest BCUT2D eigenvalue weighted by Crippen LogP contribution is 2.38. The Morgan fingerprint density at radius 3 is 2.71 bits per heavy atom. The number of carboxylic acids is 1. The third kappa shape index (κ3) is 2.66. The predicted molar refractivity (Wildman–Crippen MR) is 79.8 cm³/mol. The minimum Gasteiger partial charge on any atom is -0.496 e. The van der Waals surface area contributed by atoms with Gasteiger partial charge < -0.3 is 19.9 Å². The Balaban J connectivity index is 2.65. The van der Waals surface area contributed by atoms with Crippen LogP contribution in [-0.2, 0) is 0 Å². The summed E-state index contributed by atoms with van der Waals surface area (Å²) in [7, 11) is 1.51. The maximum Gasteiger partial charge on any atom is 0.356 e. The fraction of sp³-hybridized carbons (Fsp3) is 0.286. The second-order valence-corrected chi connectivity index (χ2v) is 5.47. The molecule has 1 atom stereocenters. The van der Waals surface area contributed by atoms with E-state index in [9.17, 15) is 9.90 Å². The van der Waals surface area contributed by atoms with Crippen LogP contribution in [0.2, 0.25) is 0 Å². The molecule has 0 saturated heterocycles. The highest BCUT2D eigenvalue weighted by molar-refractivity contribution is 9.10. The van der Waals surface area contributed by atoms with Crippen molar-refractivity contribution in [3.05, 3.63) is 44.9 Å². The van der Waals surface area contributed by atoms with Crippen molar-refractivity contribution in [3.8, 4) is 5.75 Å². The average Bonchev–Trinajstić information content (AvgIpc) is 2.91. The summed E-state index contributed by atoms with van der Waals surface area (Å²) in [6.45, 7) is 3.67. The van der Waals surface area contributed by atoms with Crippen molar-refractivity contribution in [2.75, 3.05) is 7.11 Å². The number of nitrogens with one attached hydrogen (secondary N) is 1. The van der Waals surface area contributed by atoms with E-state index in [0.29, 0.717) is 11.3 Å². The largest absolute Gasteiger partial charge is 0.496 e.